The number of aromatic nitrogens is 1. The molecule has 0 unspecified atom stereocenters. The van der Waals surface area contributed by atoms with Crippen LogP contribution in [-0.2, 0) is 6.54 Å². The van der Waals surface area contributed by atoms with E-state index >= 15 is 0 Å². The standard InChI is InChI=1S/C13H15N3O2/c1-2-14-13(17)16-9-10-5-6-15-11(8-10)12-4-3-7-18-12/h3-8H,2,9H2,1H3,(H2,14,16,17). The van der Waals surface area contributed by atoms with E-state index in [1.807, 2.05) is 31.2 Å². The lowest BCUT2D eigenvalue weighted by Gasteiger charge is -2.06. The van der Waals surface area contributed by atoms with Crippen LogP contribution >= 0.6 is 0 Å². The van der Waals surface area contributed by atoms with E-state index in [1.165, 1.54) is 0 Å². The summed E-state index contributed by atoms with van der Waals surface area (Å²) < 4.78 is 5.28. The van der Waals surface area contributed by atoms with Crippen LogP contribution in [0.1, 0.15) is 12.5 Å². The highest BCUT2D eigenvalue weighted by Crippen LogP contribution is 2.17. The summed E-state index contributed by atoms with van der Waals surface area (Å²) in [6.45, 7) is 2.95. The molecule has 2 rings (SSSR count). The third-order valence-electron chi connectivity index (χ3n) is 2.39. The lowest BCUT2D eigenvalue weighted by Crippen LogP contribution is -2.34. The van der Waals surface area contributed by atoms with Crippen LogP contribution in [0.2, 0.25) is 0 Å². The molecule has 0 bridgehead atoms. The largest absolute Gasteiger partial charge is 0.463 e. The molecule has 0 radical (unpaired) electrons. The highest BCUT2D eigenvalue weighted by molar-refractivity contribution is 5.73. The van der Waals surface area contributed by atoms with Crippen molar-refractivity contribution < 1.29 is 9.21 Å². The van der Waals surface area contributed by atoms with Crippen LogP contribution in [0.25, 0.3) is 11.5 Å². The predicted molar refractivity (Wildman–Crippen MR) is 67.9 cm³/mol. The number of urea groups is 1. The Labute approximate surface area is 105 Å². The molecule has 2 aromatic heterocycles. The van der Waals surface area contributed by atoms with Crippen LogP contribution < -0.4 is 10.6 Å². The fraction of sp³-hybridized carbons (Fsp3) is 0.231. The Balaban J connectivity index is 2.02. The van der Waals surface area contributed by atoms with Crippen molar-refractivity contribution >= 4 is 6.03 Å². The van der Waals surface area contributed by atoms with Gasteiger partial charge in [0.1, 0.15) is 5.69 Å². The second kappa shape index (κ2) is 5.86. The van der Waals surface area contributed by atoms with Gasteiger partial charge in [0.2, 0.25) is 0 Å². The van der Waals surface area contributed by atoms with Crippen molar-refractivity contribution in [1.82, 2.24) is 15.6 Å². The van der Waals surface area contributed by atoms with Crippen LogP contribution in [-0.4, -0.2) is 17.6 Å². The molecule has 2 aromatic rings. The van der Waals surface area contributed by atoms with Crippen LogP contribution in [0.4, 0.5) is 4.79 Å². The van der Waals surface area contributed by atoms with Gasteiger partial charge in [-0.05, 0) is 36.8 Å². The molecule has 0 aliphatic rings. The molecule has 0 saturated heterocycles. The summed E-state index contributed by atoms with van der Waals surface area (Å²) in [5.41, 5.74) is 1.73. The summed E-state index contributed by atoms with van der Waals surface area (Å²) in [6, 6.07) is 7.25. The van der Waals surface area contributed by atoms with E-state index in [0.717, 1.165) is 17.0 Å². The molecule has 0 aliphatic heterocycles. The molecule has 0 aliphatic carbocycles. The average Bonchev–Trinajstić information content (AvgIpc) is 2.91. The van der Waals surface area contributed by atoms with Gasteiger partial charge in [-0.15, -0.1) is 0 Å². The Morgan fingerprint density at radius 2 is 2.28 bits per heavy atom. The zero-order valence-corrected chi connectivity index (χ0v) is 10.1. The molecule has 0 saturated carbocycles. The van der Waals surface area contributed by atoms with Gasteiger partial charge in [0.15, 0.2) is 5.76 Å². The van der Waals surface area contributed by atoms with Crippen LogP contribution in [0, 0.1) is 0 Å². The summed E-state index contributed by atoms with van der Waals surface area (Å²) in [7, 11) is 0. The number of amides is 2. The fourth-order valence-electron chi connectivity index (χ4n) is 1.55. The van der Waals surface area contributed by atoms with Gasteiger partial charge >= 0.3 is 6.03 Å². The number of hydrogen-bond donors (Lipinski definition) is 2. The summed E-state index contributed by atoms with van der Waals surface area (Å²) >= 11 is 0. The normalized spacial score (nSPS) is 10.1. The van der Waals surface area contributed by atoms with Crippen molar-refractivity contribution in [2.24, 2.45) is 0 Å². The second-order valence-electron chi connectivity index (χ2n) is 3.74. The number of nitrogens with zero attached hydrogens (tertiary/aromatic N) is 1. The maximum absolute atomic E-state index is 11.3. The Kier molecular flexibility index (Phi) is 3.96. The lowest BCUT2D eigenvalue weighted by molar-refractivity contribution is 0.241. The van der Waals surface area contributed by atoms with E-state index in [0.29, 0.717) is 13.1 Å². The fourth-order valence-corrected chi connectivity index (χ4v) is 1.55. The first-order chi connectivity index (χ1) is 8.79. The summed E-state index contributed by atoms with van der Waals surface area (Å²) in [5, 5.41) is 5.44. The number of carbonyl (C=O) groups is 1. The van der Waals surface area contributed by atoms with Gasteiger partial charge in [0.25, 0.3) is 0 Å². The molecule has 5 heteroatoms. The molecule has 2 N–H and O–H groups in total. The van der Waals surface area contributed by atoms with Crippen LogP contribution in [0.5, 0.6) is 0 Å². The topological polar surface area (TPSA) is 67.2 Å². The molecule has 0 atom stereocenters. The molecular weight excluding hydrogens is 230 g/mol. The number of carbonyl (C=O) groups excluding carboxylic acids is 1. The maximum atomic E-state index is 11.3. The van der Waals surface area contributed by atoms with E-state index in [4.69, 9.17) is 4.42 Å². The SMILES string of the molecule is CCNC(=O)NCc1ccnc(-c2ccco2)c1. The van der Waals surface area contributed by atoms with Gasteiger partial charge < -0.3 is 15.1 Å². The van der Waals surface area contributed by atoms with Gasteiger partial charge in [-0.1, -0.05) is 0 Å². The third-order valence-corrected chi connectivity index (χ3v) is 2.39. The van der Waals surface area contributed by atoms with E-state index < -0.39 is 0 Å². The zero-order valence-electron chi connectivity index (χ0n) is 10.1. The van der Waals surface area contributed by atoms with Gasteiger partial charge in [0, 0.05) is 19.3 Å². The van der Waals surface area contributed by atoms with Crippen molar-refractivity contribution in [1.29, 1.82) is 0 Å². The summed E-state index contributed by atoms with van der Waals surface area (Å²) in [4.78, 5) is 15.5. The monoisotopic (exact) mass is 245 g/mol. The molecule has 0 fully saturated rings. The Hall–Kier alpha value is -2.30. The maximum Gasteiger partial charge on any atom is 0.315 e. The van der Waals surface area contributed by atoms with Gasteiger partial charge in [0.05, 0.1) is 6.26 Å². The Morgan fingerprint density at radius 3 is 3.00 bits per heavy atom. The van der Waals surface area contributed by atoms with Crippen LogP contribution in [0.3, 0.4) is 0 Å². The molecular formula is C13H15N3O2. The predicted octanol–water partition coefficient (Wildman–Crippen LogP) is 2.16. The Morgan fingerprint density at radius 1 is 1.39 bits per heavy atom. The minimum Gasteiger partial charge on any atom is -0.463 e. The summed E-state index contributed by atoms with van der Waals surface area (Å²) in [5.74, 6) is 0.717. The number of furan rings is 1. The van der Waals surface area contributed by atoms with Crippen molar-refractivity contribution in [3.8, 4) is 11.5 Å². The highest BCUT2D eigenvalue weighted by atomic mass is 16.3. The molecule has 5 nitrogen and oxygen atoms in total. The molecule has 0 spiro atoms. The summed E-state index contributed by atoms with van der Waals surface area (Å²) in [6.07, 6.45) is 3.31. The Bertz CT molecular complexity index is 509. The van der Waals surface area contributed by atoms with E-state index in [2.05, 4.69) is 15.6 Å². The number of rotatable bonds is 4. The minimum atomic E-state index is -0.172. The number of hydrogen-bond acceptors (Lipinski definition) is 3. The second-order valence-corrected chi connectivity index (χ2v) is 3.74. The third kappa shape index (κ3) is 3.10. The first-order valence-electron chi connectivity index (χ1n) is 5.80. The lowest BCUT2D eigenvalue weighted by atomic mass is 10.2. The molecule has 2 amide bonds. The van der Waals surface area contributed by atoms with Crippen molar-refractivity contribution in [3.05, 3.63) is 42.3 Å². The zero-order chi connectivity index (χ0) is 12.8. The minimum absolute atomic E-state index is 0.172. The number of nitrogens with one attached hydrogen (secondary N) is 2. The van der Waals surface area contributed by atoms with E-state index in [-0.39, 0.29) is 6.03 Å². The molecule has 0 aromatic carbocycles. The molecule has 18 heavy (non-hydrogen) atoms. The first kappa shape index (κ1) is 12.2. The van der Waals surface area contributed by atoms with Crippen molar-refractivity contribution in [2.75, 3.05) is 6.54 Å². The van der Waals surface area contributed by atoms with Crippen molar-refractivity contribution in [2.45, 2.75) is 13.5 Å². The highest BCUT2D eigenvalue weighted by Gasteiger charge is 2.04. The first-order valence-corrected chi connectivity index (χ1v) is 5.80. The van der Waals surface area contributed by atoms with E-state index in [1.54, 1.807) is 12.5 Å². The smallest absolute Gasteiger partial charge is 0.315 e. The van der Waals surface area contributed by atoms with Gasteiger partial charge in [-0.25, -0.2) is 4.79 Å². The average molecular weight is 245 g/mol. The molecule has 94 valence electrons. The van der Waals surface area contributed by atoms with Gasteiger partial charge in [-0.2, -0.15) is 0 Å². The van der Waals surface area contributed by atoms with Crippen molar-refractivity contribution in [3.63, 3.8) is 0 Å². The number of pyridine rings is 1. The van der Waals surface area contributed by atoms with Gasteiger partial charge in [-0.3, -0.25) is 4.98 Å². The van der Waals surface area contributed by atoms with Crippen LogP contribution in [0.15, 0.2) is 41.1 Å². The quantitative estimate of drug-likeness (QED) is 0.867. The van der Waals surface area contributed by atoms with E-state index in [9.17, 15) is 4.79 Å². The molecule has 2 heterocycles.